The number of hydrogen-bond acceptors (Lipinski definition) is 5. The van der Waals surface area contributed by atoms with Gasteiger partial charge in [-0.15, -0.1) is 10.2 Å². The summed E-state index contributed by atoms with van der Waals surface area (Å²) >= 11 is 0. The maximum Gasteiger partial charge on any atom is 0.219 e. The molecule has 16 heavy (non-hydrogen) atoms. The van der Waals surface area contributed by atoms with E-state index in [0.717, 1.165) is 25.9 Å². The molecule has 1 aliphatic rings. The Morgan fingerprint density at radius 1 is 1.56 bits per heavy atom. The van der Waals surface area contributed by atoms with Crippen molar-refractivity contribution in [3.05, 3.63) is 5.82 Å². The molecular weight excluding hydrogens is 208 g/mol. The van der Waals surface area contributed by atoms with Crippen molar-refractivity contribution in [3.63, 3.8) is 0 Å². The molecule has 0 aromatic carbocycles. The van der Waals surface area contributed by atoms with E-state index in [9.17, 15) is 4.79 Å². The number of H-pyrrole nitrogens is 1. The van der Waals surface area contributed by atoms with Crippen LogP contribution in [-0.4, -0.2) is 50.6 Å². The SMILES string of the molecule is CC(=O)N1CCC(NCc2nn[nH]n2)CC1. The lowest BCUT2D eigenvalue weighted by atomic mass is 10.1. The van der Waals surface area contributed by atoms with Gasteiger partial charge in [-0.1, -0.05) is 5.21 Å². The van der Waals surface area contributed by atoms with Gasteiger partial charge in [-0.3, -0.25) is 4.79 Å². The Kier molecular flexibility index (Phi) is 3.45. The van der Waals surface area contributed by atoms with Crippen molar-refractivity contribution < 1.29 is 4.79 Å². The highest BCUT2D eigenvalue weighted by Gasteiger charge is 2.20. The van der Waals surface area contributed by atoms with Gasteiger partial charge >= 0.3 is 0 Å². The molecular formula is C9H16N6O. The number of piperidine rings is 1. The number of likely N-dealkylation sites (tertiary alicyclic amines) is 1. The van der Waals surface area contributed by atoms with Crippen LogP contribution in [0.5, 0.6) is 0 Å². The van der Waals surface area contributed by atoms with Gasteiger partial charge in [-0.2, -0.15) is 5.21 Å². The monoisotopic (exact) mass is 224 g/mol. The number of carbonyl (C=O) groups is 1. The molecule has 0 spiro atoms. The van der Waals surface area contributed by atoms with Crippen LogP contribution in [0, 0.1) is 0 Å². The van der Waals surface area contributed by atoms with Crippen LogP contribution in [0.1, 0.15) is 25.6 Å². The highest BCUT2D eigenvalue weighted by molar-refractivity contribution is 5.73. The van der Waals surface area contributed by atoms with Gasteiger partial charge in [-0.25, -0.2) is 0 Å². The Hall–Kier alpha value is -1.50. The maximum absolute atomic E-state index is 11.1. The molecule has 2 rings (SSSR count). The van der Waals surface area contributed by atoms with E-state index in [1.54, 1.807) is 6.92 Å². The fraction of sp³-hybridized carbons (Fsp3) is 0.778. The molecule has 7 heteroatoms. The Balaban J connectivity index is 1.71. The van der Waals surface area contributed by atoms with Crippen molar-refractivity contribution in [1.82, 2.24) is 30.8 Å². The lowest BCUT2D eigenvalue weighted by Crippen LogP contribution is -2.44. The van der Waals surface area contributed by atoms with Crippen LogP contribution in [0.2, 0.25) is 0 Å². The first-order chi connectivity index (χ1) is 7.75. The molecule has 0 bridgehead atoms. The van der Waals surface area contributed by atoms with Crippen molar-refractivity contribution >= 4 is 5.91 Å². The van der Waals surface area contributed by atoms with E-state index >= 15 is 0 Å². The van der Waals surface area contributed by atoms with E-state index in [2.05, 4.69) is 25.9 Å². The molecule has 88 valence electrons. The molecule has 1 aromatic heterocycles. The van der Waals surface area contributed by atoms with E-state index in [1.807, 2.05) is 4.90 Å². The van der Waals surface area contributed by atoms with Crippen molar-refractivity contribution in [2.45, 2.75) is 32.4 Å². The number of hydrogen-bond donors (Lipinski definition) is 2. The minimum Gasteiger partial charge on any atom is -0.343 e. The largest absolute Gasteiger partial charge is 0.343 e. The van der Waals surface area contributed by atoms with Gasteiger partial charge in [0.1, 0.15) is 0 Å². The van der Waals surface area contributed by atoms with E-state index in [4.69, 9.17) is 0 Å². The van der Waals surface area contributed by atoms with E-state index < -0.39 is 0 Å². The van der Waals surface area contributed by atoms with Crippen LogP contribution < -0.4 is 5.32 Å². The van der Waals surface area contributed by atoms with Gasteiger partial charge in [0.15, 0.2) is 5.82 Å². The summed E-state index contributed by atoms with van der Waals surface area (Å²) in [4.78, 5) is 13.0. The second-order valence-electron chi connectivity index (χ2n) is 3.99. The first-order valence-corrected chi connectivity index (χ1v) is 5.47. The second-order valence-corrected chi connectivity index (χ2v) is 3.99. The van der Waals surface area contributed by atoms with E-state index in [1.165, 1.54) is 0 Å². The van der Waals surface area contributed by atoms with Gasteiger partial charge in [-0.05, 0) is 12.8 Å². The van der Waals surface area contributed by atoms with Crippen LogP contribution in [0.3, 0.4) is 0 Å². The average molecular weight is 224 g/mol. The van der Waals surface area contributed by atoms with Crippen LogP contribution in [0.25, 0.3) is 0 Å². The zero-order valence-electron chi connectivity index (χ0n) is 9.31. The molecule has 0 unspecified atom stereocenters. The van der Waals surface area contributed by atoms with Gasteiger partial charge < -0.3 is 10.2 Å². The first kappa shape index (κ1) is 11.0. The summed E-state index contributed by atoms with van der Waals surface area (Å²) < 4.78 is 0. The smallest absolute Gasteiger partial charge is 0.219 e. The van der Waals surface area contributed by atoms with Crippen LogP contribution in [0.4, 0.5) is 0 Å². The van der Waals surface area contributed by atoms with E-state index in [-0.39, 0.29) is 5.91 Å². The standard InChI is InChI=1S/C9H16N6O/c1-7(16)15-4-2-8(3-5-15)10-6-9-11-13-14-12-9/h8,10H,2-6H2,1H3,(H,11,12,13,14). The molecule has 1 aliphatic heterocycles. The molecule has 1 aromatic rings. The summed E-state index contributed by atoms with van der Waals surface area (Å²) in [5.41, 5.74) is 0. The minimum atomic E-state index is 0.164. The summed E-state index contributed by atoms with van der Waals surface area (Å²) in [7, 11) is 0. The first-order valence-electron chi connectivity index (χ1n) is 5.47. The Morgan fingerprint density at radius 2 is 2.31 bits per heavy atom. The zero-order valence-corrected chi connectivity index (χ0v) is 9.31. The van der Waals surface area contributed by atoms with Crippen LogP contribution in [0.15, 0.2) is 0 Å². The summed E-state index contributed by atoms with van der Waals surface area (Å²) in [6.45, 7) is 3.91. The lowest BCUT2D eigenvalue weighted by molar-refractivity contribution is -0.129. The number of nitrogens with zero attached hydrogens (tertiary/aromatic N) is 4. The van der Waals surface area contributed by atoms with Crippen molar-refractivity contribution in [3.8, 4) is 0 Å². The van der Waals surface area contributed by atoms with Gasteiger partial charge in [0.2, 0.25) is 5.91 Å². The molecule has 0 atom stereocenters. The second kappa shape index (κ2) is 5.02. The Labute approximate surface area is 93.6 Å². The Morgan fingerprint density at radius 3 is 2.88 bits per heavy atom. The minimum absolute atomic E-state index is 0.164. The molecule has 0 aliphatic carbocycles. The topological polar surface area (TPSA) is 86.8 Å². The van der Waals surface area contributed by atoms with Crippen molar-refractivity contribution in [2.75, 3.05) is 13.1 Å². The maximum atomic E-state index is 11.1. The third-order valence-electron chi connectivity index (χ3n) is 2.88. The summed E-state index contributed by atoms with van der Waals surface area (Å²) in [6, 6.07) is 0.439. The van der Waals surface area contributed by atoms with Gasteiger partial charge in [0.25, 0.3) is 0 Å². The van der Waals surface area contributed by atoms with Crippen molar-refractivity contribution in [2.24, 2.45) is 0 Å². The van der Waals surface area contributed by atoms with E-state index in [0.29, 0.717) is 18.4 Å². The Bertz CT molecular complexity index is 330. The molecule has 1 fully saturated rings. The highest BCUT2D eigenvalue weighted by Crippen LogP contribution is 2.10. The molecule has 1 amide bonds. The van der Waals surface area contributed by atoms with Gasteiger partial charge in [0.05, 0.1) is 6.54 Å². The molecule has 0 radical (unpaired) electrons. The molecule has 1 saturated heterocycles. The van der Waals surface area contributed by atoms with Crippen LogP contribution >= 0.6 is 0 Å². The number of amides is 1. The summed E-state index contributed by atoms with van der Waals surface area (Å²) in [5.74, 6) is 0.839. The van der Waals surface area contributed by atoms with Gasteiger partial charge in [0, 0.05) is 26.1 Å². The summed E-state index contributed by atoms with van der Waals surface area (Å²) in [5, 5.41) is 17.0. The van der Waals surface area contributed by atoms with Crippen LogP contribution in [-0.2, 0) is 11.3 Å². The number of aromatic amines is 1. The fourth-order valence-electron chi connectivity index (χ4n) is 1.89. The number of tetrazole rings is 1. The summed E-state index contributed by atoms with van der Waals surface area (Å²) in [6.07, 6.45) is 1.97. The third kappa shape index (κ3) is 2.75. The van der Waals surface area contributed by atoms with Crippen molar-refractivity contribution in [1.29, 1.82) is 0 Å². The number of carbonyl (C=O) groups excluding carboxylic acids is 1. The fourth-order valence-corrected chi connectivity index (χ4v) is 1.89. The average Bonchev–Trinajstić information content (AvgIpc) is 2.80. The number of nitrogens with one attached hydrogen (secondary N) is 2. The zero-order chi connectivity index (χ0) is 11.4. The highest BCUT2D eigenvalue weighted by atomic mass is 16.2. The molecule has 0 saturated carbocycles. The lowest BCUT2D eigenvalue weighted by Gasteiger charge is -2.31. The quantitative estimate of drug-likeness (QED) is 0.709. The predicted octanol–water partition coefficient (Wildman–Crippen LogP) is -0.700. The predicted molar refractivity (Wildman–Crippen MR) is 56.3 cm³/mol. The number of aromatic nitrogens is 4. The normalized spacial score (nSPS) is 17.7. The third-order valence-corrected chi connectivity index (χ3v) is 2.88. The molecule has 2 heterocycles. The molecule has 7 nitrogen and oxygen atoms in total. The number of rotatable bonds is 3. The molecule has 2 N–H and O–H groups in total.